The van der Waals surface area contributed by atoms with Gasteiger partial charge in [-0.2, -0.15) is 5.26 Å². The number of hydrogen-bond donors (Lipinski definition) is 0. The first-order valence-electron chi connectivity index (χ1n) is 8.73. The topological polar surface area (TPSA) is 42.2 Å². The van der Waals surface area contributed by atoms with E-state index in [4.69, 9.17) is 44.3 Å². The van der Waals surface area contributed by atoms with Crippen molar-refractivity contribution in [1.29, 1.82) is 5.26 Å². The van der Waals surface area contributed by atoms with Gasteiger partial charge in [0, 0.05) is 15.1 Å². The van der Waals surface area contributed by atoms with Crippen molar-refractivity contribution < 1.29 is 9.47 Å². The highest BCUT2D eigenvalue weighted by molar-refractivity contribution is 9.10. The van der Waals surface area contributed by atoms with Gasteiger partial charge in [0.25, 0.3) is 0 Å². The van der Waals surface area contributed by atoms with Crippen molar-refractivity contribution >= 4 is 62.4 Å². The van der Waals surface area contributed by atoms with Crippen LogP contribution in [0, 0.1) is 11.3 Å². The molecule has 0 aliphatic heterocycles. The van der Waals surface area contributed by atoms with Gasteiger partial charge >= 0.3 is 0 Å². The molecule has 0 aliphatic rings. The quantitative estimate of drug-likeness (QED) is 0.242. The summed E-state index contributed by atoms with van der Waals surface area (Å²) >= 11 is 22.1. The lowest BCUT2D eigenvalue weighted by Gasteiger charge is -2.14. The molecule has 30 heavy (non-hydrogen) atoms. The number of halogens is 4. The predicted molar refractivity (Wildman–Crippen MR) is 126 cm³/mol. The van der Waals surface area contributed by atoms with E-state index in [-0.39, 0.29) is 0 Å². The molecule has 7 heteroatoms. The first-order chi connectivity index (χ1) is 14.4. The summed E-state index contributed by atoms with van der Waals surface area (Å²) in [6.07, 6.45) is 1.68. The number of nitriles is 1. The van der Waals surface area contributed by atoms with Crippen molar-refractivity contribution in [2.75, 3.05) is 7.11 Å². The molecule has 0 heterocycles. The second-order valence-electron chi connectivity index (χ2n) is 6.24. The van der Waals surface area contributed by atoms with E-state index in [9.17, 15) is 5.26 Å². The molecular weight excluding hydrogens is 509 g/mol. The third-order valence-corrected chi connectivity index (χ3v) is 5.56. The second-order valence-corrected chi connectivity index (χ2v) is 8.41. The van der Waals surface area contributed by atoms with Gasteiger partial charge in [-0.15, -0.1) is 0 Å². The van der Waals surface area contributed by atoms with E-state index < -0.39 is 0 Å². The van der Waals surface area contributed by atoms with Gasteiger partial charge in [-0.05, 0) is 53.6 Å². The Hall–Kier alpha value is -2.16. The minimum absolute atomic E-state index is 0.336. The second kappa shape index (κ2) is 10.2. The summed E-state index contributed by atoms with van der Waals surface area (Å²) in [5.74, 6) is 0.896. The SMILES string of the molecule is COc1cc(/C=C(\C#N)c2ccc(Cl)cc2Cl)cc(Cl)c1OCc1ccc(Br)cc1. The maximum Gasteiger partial charge on any atom is 0.180 e. The van der Waals surface area contributed by atoms with E-state index in [0.29, 0.717) is 49.9 Å². The highest BCUT2D eigenvalue weighted by Gasteiger charge is 2.14. The lowest BCUT2D eigenvalue weighted by atomic mass is 10.0. The Labute approximate surface area is 198 Å². The fraction of sp³-hybridized carbons (Fsp3) is 0.0870. The summed E-state index contributed by atoms with van der Waals surface area (Å²) < 4.78 is 12.3. The number of rotatable bonds is 6. The van der Waals surface area contributed by atoms with Gasteiger partial charge < -0.3 is 9.47 Å². The Morgan fingerprint density at radius 2 is 1.77 bits per heavy atom. The van der Waals surface area contributed by atoms with Crippen molar-refractivity contribution in [2.45, 2.75) is 6.61 Å². The molecule has 0 saturated heterocycles. The standard InChI is InChI=1S/C23H15BrCl3NO2/c1-29-22-10-15(8-16(12-28)19-7-6-18(25)11-20(19)26)9-21(27)23(22)30-13-14-2-4-17(24)5-3-14/h2-11H,13H2,1H3/b16-8+. The van der Waals surface area contributed by atoms with Crippen LogP contribution in [0.4, 0.5) is 0 Å². The summed E-state index contributed by atoms with van der Waals surface area (Å²) in [7, 11) is 1.53. The number of hydrogen-bond acceptors (Lipinski definition) is 3. The van der Waals surface area contributed by atoms with Gasteiger partial charge in [0.2, 0.25) is 0 Å². The Morgan fingerprint density at radius 1 is 1.03 bits per heavy atom. The Balaban J connectivity index is 1.91. The number of ether oxygens (including phenoxy) is 2. The van der Waals surface area contributed by atoms with Crippen LogP contribution in [-0.4, -0.2) is 7.11 Å². The zero-order chi connectivity index (χ0) is 21.7. The minimum Gasteiger partial charge on any atom is -0.493 e. The third-order valence-electron chi connectivity index (χ3n) is 4.20. The highest BCUT2D eigenvalue weighted by Crippen LogP contribution is 2.38. The minimum atomic E-state index is 0.336. The lowest BCUT2D eigenvalue weighted by Crippen LogP contribution is -1.99. The molecule has 0 saturated carbocycles. The molecule has 3 rings (SSSR count). The Bertz CT molecular complexity index is 1140. The van der Waals surface area contributed by atoms with E-state index in [1.54, 1.807) is 36.4 Å². The van der Waals surface area contributed by atoms with Crippen molar-refractivity contribution in [3.8, 4) is 17.6 Å². The zero-order valence-corrected chi connectivity index (χ0v) is 19.6. The Kier molecular flexibility index (Phi) is 7.69. The van der Waals surface area contributed by atoms with Crippen LogP contribution in [0.1, 0.15) is 16.7 Å². The molecule has 3 aromatic rings. The van der Waals surface area contributed by atoms with Gasteiger partial charge in [0.15, 0.2) is 11.5 Å². The molecule has 152 valence electrons. The fourth-order valence-electron chi connectivity index (χ4n) is 2.74. The molecule has 3 nitrogen and oxygen atoms in total. The molecule has 3 aromatic carbocycles. The number of methoxy groups -OCH3 is 1. The van der Waals surface area contributed by atoms with Crippen LogP contribution in [0.25, 0.3) is 11.6 Å². The van der Waals surface area contributed by atoms with Gasteiger partial charge in [-0.1, -0.05) is 68.9 Å². The van der Waals surface area contributed by atoms with Crippen molar-refractivity contribution in [1.82, 2.24) is 0 Å². The molecule has 0 atom stereocenters. The Morgan fingerprint density at radius 3 is 2.40 bits per heavy atom. The van der Waals surface area contributed by atoms with Crippen LogP contribution >= 0.6 is 50.7 Å². The molecule has 0 bridgehead atoms. The zero-order valence-electron chi connectivity index (χ0n) is 15.8. The molecule has 0 spiro atoms. The van der Waals surface area contributed by atoms with Crippen molar-refractivity contribution in [3.05, 3.63) is 90.8 Å². The number of nitrogens with zero attached hydrogens (tertiary/aromatic N) is 1. The molecular formula is C23H15BrCl3NO2. The van der Waals surface area contributed by atoms with Crippen LogP contribution in [0.3, 0.4) is 0 Å². The first-order valence-corrected chi connectivity index (χ1v) is 10.7. The van der Waals surface area contributed by atoms with E-state index in [1.807, 2.05) is 24.3 Å². The van der Waals surface area contributed by atoms with E-state index >= 15 is 0 Å². The fourth-order valence-corrected chi connectivity index (χ4v) is 3.79. The van der Waals surface area contributed by atoms with Gasteiger partial charge in [-0.3, -0.25) is 0 Å². The summed E-state index contributed by atoms with van der Waals surface area (Å²) in [6, 6.07) is 18.4. The summed E-state index contributed by atoms with van der Waals surface area (Å²) in [6.45, 7) is 0.336. The van der Waals surface area contributed by atoms with Gasteiger partial charge in [0.1, 0.15) is 6.61 Å². The van der Waals surface area contributed by atoms with E-state index in [1.165, 1.54) is 7.11 Å². The summed E-state index contributed by atoms with van der Waals surface area (Å²) in [5.41, 5.74) is 2.62. The van der Waals surface area contributed by atoms with Crippen LogP contribution in [0.15, 0.2) is 59.1 Å². The largest absolute Gasteiger partial charge is 0.493 e. The maximum atomic E-state index is 9.61. The summed E-state index contributed by atoms with van der Waals surface area (Å²) in [4.78, 5) is 0. The molecule has 0 amide bonds. The van der Waals surface area contributed by atoms with Crippen LogP contribution in [0.5, 0.6) is 11.5 Å². The maximum absolute atomic E-state index is 9.61. The average Bonchev–Trinajstić information content (AvgIpc) is 2.72. The number of benzene rings is 3. The molecule has 0 radical (unpaired) electrons. The number of allylic oxidation sites excluding steroid dienone is 1. The molecule has 0 aliphatic carbocycles. The van der Waals surface area contributed by atoms with Crippen LogP contribution < -0.4 is 9.47 Å². The molecule has 0 unspecified atom stereocenters. The highest BCUT2D eigenvalue weighted by atomic mass is 79.9. The average molecular weight is 524 g/mol. The third kappa shape index (κ3) is 5.50. The molecule has 0 aromatic heterocycles. The van der Waals surface area contributed by atoms with E-state index in [2.05, 4.69) is 22.0 Å². The smallest absolute Gasteiger partial charge is 0.180 e. The van der Waals surface area contributed by atoms with Crippen molar-refractivity contribution in [3.63, 3.8) is 0 Å². The molecule has 0 fully saturated rings. The first kappa shape index (κ1) is 22.5. The van der Waals surface area contributed by atoms with Crippen LogP contribution in [-0.2, 0) is 6.61 Å². The lowest BCUT2D eigenvalue weighted by molar-refractivity contribution is 0.284. The normalized spacial score (nSPS) is 11.1. The van der Waals surface area contributed by atoms with Crippen molar-refractivity contribution in [2.24, 2.45) is 0 Å². The van der Waals surface area contributed by atoms with Gasteiger partial charge in [-0.25, -0.2) is 0 Å². The van der Waals surface area contributed by atoms with Crippen LogP contribution in [0.2, 0.25) is 15.1 Å². The predicted octanol–water partition coefficient (Wildman–Crippen LogP) is 8.06. The summed E-state index contributed by atoms with van der Waals surface area (Å²) in [5, 5.41) is 10.9. The monoisotopic (exact) mass is 521 g/mol. The van der Waals surface area contributed by atoms with E-state index in [0.717, 1.165) is 10.0 Å². The molecule has 0 N–H and O–H groups in total. The van der Waals surface area contributed by atoms with Gasteiger partial charge in [0.05, 0.1) is 28.8 Å².